The third-order valence-electron chi connectivity index (χ3n) is 6.47. The van der Waals surface area contributed by atoms with Crippen molar-refractivity contribution in [3.8, 4) is 5.75 Å². The standard InChI is InChI=1S/C31H37N3O2/c1-25-14-7-10-19-29(25)36-23-13-12-22-34-28-18-9-8-17-27(28)33-30(34)20-6-3-11-21-32-31(35)24-26-15-4-2-5-16-26/h2,4-5,7-10,14-19H,3,6,11-13,20-24H2,1H3,(H,32,35). The van der Waals surface area contributed by atoms with Crippen LogP contribution in [0.5, 0.6) is 5.75 Å². The highest BCUT2D eigenvalue weighted by atomic mass is 16.5. The Morgan fingerprint density at radius 1 is 0.861 bits per heavy atom. The molecular formula is C31H37N3O2. The second-order valence-corrected chi connectivity index (χ2v) is 9.31. The molecule has 0 aliphatic carbocycles. The minimum Gasteiger partial charge on any atom is -0.493 e. The molecule has 1 N–H and O–H groups in total. The Kier molecular flexibility index (Phi) is 9.54. The van der Waals surface area contributed by atoms with Gasteiger partial charge in [-0.05, 0) is 61.9 Å². The fourth-order valence-electron chi connectivity index (χ4n) is 4.49. The van der Waals surface area contributed by atoms with Gasteiger partial charge >= 0.3 is 0 Å². The second kappa shape index (κ2) is 13.5. The van der Waals surface area contributed by atoms with E-state index in [2.05, 4.69) is 47.1 Å². The number of hydrogen-bond donors (Lipinski definition) is 1. The summed E-state index contributed by atoms with van der Waals surface area (Å²) in [6, 6.07) is 26.5. The lowest BCUT2D eigenvalue weighted by atomic mass is 10.1. The summed E-state index contributed by atoms with van der Waals surface area (Å²) in [6.45, 7) is 4.48. The summed E-state index contributed by atoms with van der Waals surface area (Å²) in [5, 5.41) is 3.05. The van der Waals surface area contributed by atoms with E-state index in [9.17, 15) is 4.79 Å². The van der Waals surface area contributed by atoms with Crippen LogP contribution in [0.15, 0.2) is 78.9 Å². The fraction of sp³-hybridized carbons (Fsp3) is 0.355. The average molecular weight is 484 g/mol. The molecule has 0 aliphatic rings. The van der Waals surface area contributed by atoms with Gasteiger partial charge in [-0.2, -0.15) is 0 Å². The largest absolute Gasteiger partial charge is 0.493 e. The van der Waals surface area contributed by atoms with Gasteiger partial charge in [-0.1, -0.05) is 67.1 Å². The van der Waals surface area contributed by atoms with Gasteiger partial charge in [-0.15, -0.1) is 0 Å². The SMILES string of the molecule is Cc1ccccc1OCCCCn1c(CCCCCNC(=O)Cc2ccccc2)nc2ccccc21. The number of unbranched alkanes of at least 4 members (excludes halogenated alkanes) is 3. The maximum Gasteiger partial charge on any atom is 0.224 e. The third kappa shape index (κ3) is 7.45. The predicted octanol–water partition coefficient (Wildman–Crippen LogP) is 6.28. The fourth-order valence-corrected chi connectivity index (χ4v) is 4.49. The Hall–Kier alpha value is -3.60. The summed E-state index contributed by atoms with van der Waals surface area (Å²) in [5.74, 6) is 2.22. The number of amides is 1. The van der Waals surface area contributed by atoms with Crippen molar-refractivity contribution in [1.82, 2.24) is 14.9 Å². The summed E-state index contributed by atoms with van der Waals surface area (Å²) in [6.07, 6.45) is 6.56. The van der Waals surface area contributed by atoms with E-state index in [1.165, 1.54) is 11.1 Å². The van der Waals surface area contributed by atoms with Crippen molar-refractivity contribution < 1.29 is 9.53 Å². The molecular weight excluding hydrogens is 446 g/mol. The van der Waals surface area contributed by atoms with Crippen molar-refractivity contribution in [2.24, 2.45) is 0 Å². The summed E-state index contributed by atoms with van der Waals surface area (Å²) < 4.78 is 8.35. The smallest absolute Gasteiger partial charge is 0.224 e. The van der Waals surface area contributed by atoms with Crippen LogP contribution in [0.4, 0.5) is 0 Å². The van der Waals surface area contributed by atoms with Gasteiger partial charge in [-0.25, -0.2) is 4.98 Å². The number of para-hydroxylation sites is 3. The van der Waals surface area contributed by atoms with Crippen LogP contribution in [0.3, 0.4) is 0 Å². The summed E-state index contributed by atoms with van der Waals surface area (Å²) in [4.78, 5) is 17.0. The number of carbonyl (C=O) groups excluding carboxylic acids is 1. The van der Waals surface area contributed by atoms with Crippen LogP contribution in [0.2, 0.25) is 0 Å². The summed E-state index contributed by atoms with van der Waals surface area (Å²) in [7, 11) is 0. The monoisotopic (exact) mass is 483 g/mol. The molecule has 0 bridgehead atoms. The maximum absolute atomic E-state index is 12.1. The van der Waals surface area contributed by atoms with Crippen LogP contribution < -0.4 is 10.1 Å². The molecule has 0 radical (unpaired) electrons. The average Bonchev–Trinajstić information content (AvgIpc) is 3.25. The van der Waals surface area contributed by atoms with Gasteiger partial charge < -0.3 is 14.6 Å². The molecule has 0 saturated heterocycles. The van der Waals surface area contributed by atoms with Crippen LogP contribution in [0.1, 0.15) is 49.1 Å². The van der Waals surface area contributed by atoms with Crippen molar-refractivity contribution in [3.63, 3.8) is 0 Å². The highest BCUT2D eigenvalue weighted by Crippen LogP contribution is 2.20. The van der Waals surface area contributed by atoms with E-state index in [4.69, 9.17) is 9.72 Å². The molecule has 4 rings (SSSR count). The van der Waals surface area contributed by atoms with Crippen molar-refractivity contribution in [2.75, 3.05) is 13.2 Å². The lowest BCUT2D eigenvalue weighted by Gasteiger charge is -2.11. The zero-order chi connectivity index (χ0) is 25.0. The number of nitrogens with zero attached hydrogens (tertiary/aromatic N) is 2. The third-order valence-corrected chi connectivity index (χ3v) is 6.47. The molecule has 1 amide bonds. The number of hydrogen-bond acceptors (Lipinski definition) is 3. The quantitative estimate of drug-likeness (QED) is 0.215. The molecule has 5 heteroatoms. The molecule has 4 aromatic rings. The predicted molar refractivity (Wildman–Crippen MR) is 146 cm³/mol. The van der Waals surface area contributed by atoms with E-state index >= 15 is 0 Å². The first-order valence-corrected chi connectivity index (χ1v) is 13.1. The minimum atomic E-state index is 0.0920. The molecule has 0 aliphatic heterocycles. The molecule has 3 aromatic carbocycles. The van der Waals surface area contributed by atoms with Gasteiger partial charge in [0.05, 0.1) is 24.1 Å². The van der Waals surface area contributed by atoms with Crippen LogP contribution in [0.25, 0.3) is 11.0 Å². The van der Waals surface area contributed by atoms with Crippen LogP contribution in [-0.2, 0) is 24.2 Å². The van der Waals surface area contributed by atoms with Crippen molar-refractivity contribution in [1.29, 1.82) is 0 Å². The number of aromatic nitrogens is 2. The first-order valence-electron chi connectivity index (χ1n) is 13.1. The molecule has 1 heterocycles. The Labute approximate surface area is 214 Å². The lowest BCUT2D eigenvalue weighted by Crippen LogP contribution is -2.26. The van der Waals surface area contributed by atoms with Gasteiger partial charge in [0, 0.05) is 19.5 Å². The Bertz CT molecular complexity index is 1230. The molecule has 0 unspecified atom stereocenters. The number of rotatable bonds is 14. The van der Waals surface area contributed by atoms with Gasteiger partial charge in [0.1, 0.15) is 11.6 Å². The number of imidazole rings is 1. The number of carbonyl (C=O) groups is 1. The first-order chi connectivity index (χ1) is 17.7. The molecule has 5 nitrogen and oxygen atoms in total. The van der Waals surface area contributed by atoms with Gasteiger partial charge in [0.15, 0.2) is 0 Å². The Morgan fingerprint density at radius 3 is 2.50 bits per heavy atom. The Balaban J connectivity index is 1.20. The lowest BCUT2D eigenvalue weighted by molar-refractivity contribution is -0.120. The van der Waals surface area contributed by atoms with E-state index in [1.54, 1.807) is 0 Å². The molecule has 188 valence electrons. The highest BCUT2D eigenvalue weighted by molar-refractivity contribution is 5.78. The Morgan fingerprint density at radius 2 is 1.64 bits per heavy atom. The van der Waals surface area contributed by atoms with E-state index in [1.807, 2.05) is 48.5 Å². The maximum atomic E-state index is 12.1. The zero-order valence-electron chi connectivity index (χ0n) is 21.3. The molecule has 0 saturated carbocycles. The number of fused-ring (bicyclic) bond motifs is 1. The van der Waals surface area contributed by atoms with Crippen LogP contribution in [-0.4, -0.2) is 28.6 Å². The molecule has 0 fully saturated rings. The zero-order valence-corrected chi connectivity index (χ0v) is 21.3. The van der Waals surface area contributed by atoms with E-state index in [-0.39, 0.29) is 5.91 Å². The van der Waals surface area contributed by atoms with Gasteiger partial charge in [0.25, 0.3) is 0 Å². The number of nitrogens with one attached hydrogen (secondary N) is 1. The van der Waals surface area contributed by atoms with Crippen molar-refractivity contribution in [3.05, 3.63) is 95.8 Å². The van der Waals surface area contributed by atoms with E-state index in [0.29, 0.717) is 6.42 Å². The molecule has 36 heavy (non-hydrogen) atoms. The second-order valence-electron chi connectivity index (χ2n) is 9.31. The normalized spacial score (nSPS) is 11.0. The van der Waals surface area contributed by atoms with Crippen LogP contribution >= 0.6 is 0 Å². The topological polar surface area (TPSA) is 56.1 Å². The van der Waals surface area contributed by atoms with Crippen molar-refractivity contribution >= 4 is 16.9 Å². The molecule has 0 atom stereocenters. The highest BCUT2D eigenvalue weighted by Gasteiger charge is 2.10. The number of benzene rings is 3. The molecule has 0 spiro atoms. The van der Waals surface area contributed by atoms with Gasteiger partial charge in [0.2, 0.25) is 5.91 Å². The summed E-state index contributed by atoms with van der Waals surface area (Å²) >= 11 is 0. The van der Waals surface area contributed by atoms with E-state index < -0.39 is 0 Å². The molecule has 1 aromatic heterocycles. The number of aryl methyl sites for hydroxylation is 3. The number of ether oxygens (including phenoxy) is 1. The first kappa shape index (κ1) is 25.5. The van der Waals surface area contributed by atoms with E-state index in [0.717, 1.165) is 80.9 Å². The van der Waals surface area contributed by atoms with Crippen LogP contribution in [0, 0.1) is 6.92 Å². The minimum absolute atomic E-state index is 0.0920. The van der Waals surface area contributed by atoms with Gasteiger partial charge in [-0.3, -0.25) is 4.79 Å². The van der Waals surface area contributed by atoms with Crippen molar-refractivity contribution in [2.45, 2.75) is 58.4 Å². The summed E-state index contributed by atoms with van der Waals surface area (Å²) in [5.41, 5.74) is 4.50.